The molecule has 0 saturated heterocycles. The number of nitrogens with zero attached hydrogens (tertiary/aromatic N) is 1. The summed E-state index contributed by atoms with van der Waals surface area (Å²) in [4.78, 5) is 15.0. The summed E-state index contributed by atoms with van der Waals surface area (Å²) in [5.41, 5.74) is 4.25. The Bertz CT molecular complexity index is 566. The molecule has 0 saturated carbocycles. The number of aldehydes is 1. The third kappa shape index (κ3) is 3.20. The molecule has 0 spiro atoms. The Morgan fingerprint density at radius 3 is 2.78 bits per heavy atom. The van der Waals surface area contributed by atoms with E-state index in [4.69, 9.17) is 0 Å². The van der Waals surface area contributed by atoms with Crippen molar-refractivity contribution in [1.29, 1.82) is 0 Å². The van der Waals surface area contributed by atoms with Crippen molar-refractivity contribution in [3.63, 3.8) is 0 Å². The second kappa shape index (κ2) is 5.83. The summed E-state index contributed by atoms with van der Waals surface area (Å²) in [6, 6.07) is 10.3. The van der Waals surface area contributed by atoms with Gasteiger partial charge in [-0.15, -0.1) is 11.8 Å². The minimum atomic E-state index is 0.632. The van der Waals surface area contributed by atoms with Crippen LogP contribution in [0.5, 0.6) is 0 Å². The van der Waals surface area contributed by atoms with Crippen molar-refractivity contribution < 1.29 is 4.79 Å². The lowest BCUT2D eigenvalue weighted by atomic mass is 10.2. The molecule has 2 rings (SSSR count). The second-order valence-corrected chi connectivity index (χ2v) is 5.25. The summed E-state index contributed by atoms with van der Waals surface area (Å²) < 4.78 is 0. The highest BCUT2D eigenvalue weighted by Crippen LogP contribution is 2.24. The molecule has 18 heavy (non-hydrogen) atoms. The third-order valence-electron chi connectivity index (χ3n) is 2.65. The van der Waals surface area contributed by atoms with Gasteiger partial charge in [-0.2, -0.15) is 0 Å². The predicted molar refractivity (Wildman–Crippen MR) is 75.1 cm³/mol. The molecule has 0 fully saturated rings. The van der Waals surface area contributed by atoms with Crippen LogP contribution in [0.25, 0.3) is 0 Å². The van der Waals surface area contributed by atoms with Gasteiger partial charge < -0.3 is 0 Å². The Balaban J connectivity index is 2.08. The normalized spacial score (nSPS) is 10.3. The zero-order chi connectivity index (χ0) is 13.0. The maximum atomic E-state index is 10.6. The molecule has 1 aromatic heterocycles. The SMILES string of the molecule is Cc1cccc(CSc2ncc(C=O)cc2C)c1. The van der Waals surface area contributed by atoms with E-state index in [1.165, 1.54) is 11.1 Å². The number of thioether (sulfide) groups is 1. The van der Waals surface area contributed by atoms with Crippen molar-refractivity contribution in [2.24, 2.45) is 0 Å². The molecule has 0 aliphatic heterocycles. The van der Waals surface area contributed by atoms with Gasteiger partial charge in [-0.3, -0.25) is 4.79 Å². The van der Waals surface area contributed by atoms with Crippen LogP contribution in [0.1, 0.15) is 27.0 Å². The molecule has 0 aliphatic carbocycles. The van der Waals surface area contributed by atoms with E-state index < -0.39 is 0 Å². The Hall–Kier alpha value is -1.61. The molecule has 0 aliphatic rings. The molecule has 0 atom stereocenters. The lowest BCUT2D eigenvalue weighted by Crippen LogP contribution is -1.90. The number of pyridine rings is 1. The van der Waals surface area contributed by atoms with Crippen molar-refractivity contribution >= 4 is 18.0 Å². The molecular formula is C15H15NOS. The average Bonchev–Trinajstić information content (AvgIpc) is 2.37. The van der Waals surface area contributed by atoms with E-state index in [-0.39, 0.29) is 0 Å². The first kappa shape index (κ1) is 12.8. The highest BCUT2D eigenvalue weighted by Gasteiger charge is 2.03. The van der Waals surface area contributed by atoms with Crippen molar-refractivity contribution in [3.05, 3.63) is 58.8 Å². The van der Waals surface area contributed by atoms with Crippen molar-refractivity contribution in [1.82, 2.24) is 4.98 Å². The molecular weight excluding hydrogens is 242 g/mol. The number of hydrogen-bond donors (Lipinski definition) is 0. The van der Waals surface area contributed by atoms with Gasteiger partial charge in [-0.25, -0.2) is 4.98 Å². The smallest absolute Gasteiger partial charge is 0.151 e. The van der Waals surface area contributed by atoms with Crippen LogP contribution in [-0.4, -0.2) is 11.3 Å². The maximum Gasteiger partial charge on any atom is 0.151 e. The molecule has 92 valence electrons. The van der Waals surface area contributed by atoms with Gasteiger partial charge in [0.05, 0.1) is 5.03 Å². The number of rotatable bonds is 4. The van der Waals surface area contributed by atoms with E-state index in [1.807, 2.05) is 13.0 Å². The molecule has 2 nitrogen and oxygen atoms in total. The van der Waals surface area contributed by atoms with Gasteiger partial charge in [0.15, 0.2) is 6.29 Å². The summed E-state index contributed by atoms with van der Waals surface area (Å²) in [6.45, 7) is 4.08. The first-order valence-electron chi connectivity index (χ1n) is 5.79. The van der Waals surface area contributed by atoms with Gasteiger partial charge in [-0.1, -0.05) is 29.8 Å². The Kier molecular flexibility index (Phi) is 4.15. The molecule has 1 aromatic carbocycles. The van der Waals surface area contributed by atoms with Gasteiger partial charge in [-0.05, 0) is 31.0 Å². The molecule has 3 heteroatoms. The maximum absolute atomic E-state index is 10.6. The first-order valence-corrected chi connectivity index (χ1v) is 6.78. The van der Waals surface area contributed by atoms with Crippen LogP contribution in [-0.2, 0) is 5.75 Å². The number of carbonyl (C=O) groups is 1. The number of carbonyl (C=O) groups excluding carboxylic acids is 1. The standard InChI is InChI=1S/C15H15NOS/c1-11-4-3-5-13(6-11)10-18-15-12(2)7-14(9-17)8-16-15/h3-9H,10H2,1-2H3. The molecule has 0 unspecified atom stereocenters. The Morgan fingerprint density at radius 2 is 2.11 bits per heavy atom. The molecule has 0 amide bonds. The van der Waals surface area contributed by atoms with E-state index >= 15 is 0 Å². The van der Waals surface area contributed by atoms with Gasteiger partial charge in [0.25, 0.3) is 0 Å². The summed E-state index contributed by atoms with van der Waals surface area (Å²) >= 11 is 1.70. The average molecular weight is 257 g/mol. The summed E-state index contributed by atoms with van der Waals surface area (Å²) in [6.07, 6.45) is 2.45. The van der Waals surface area contributed by atoms with Crippen LogP contribution >= 0.6 is 11.8 Å². The van der Waals surface area contributed by atoms with Gasteiger partial charge >= 0.3 is 0 Å². The zero-order valence-electron chi connectivity index (χ0n) is 10.5. The van der Waals surface area contributed by atoms with E-state index in [0.29, 0.717) is 5.56 Å². The summed E-state index contributed by atoms with van der Waals surface area (Å²) in [5, 5.41) is 0.988. The van der Waals surface area contributed by atoms with Crippen molar-refractivity contribution in [2.75, 3.05) is 0 Å². The fourth-order valence-electron chi connectivity index (χ4n) is 1.75. The van der Waals surface area contributed by atoms with E-state index in [1.54, 1.807) is 18.0 Å². The minimum Gasteiger partial charge on any atom is -0.298 e. The van der Waals surface area contributed by atoms with E-state index in [9.17, 15) is 4.79 Å². The molecule has 0 bridgehead atoms. The number of hydrogen-bond acceptors (Lipinski definition) is 3. The molecule has 0 N–H and O–H groups in total. The van der Waals surface area contributed by atoms with Gasteiger partial charge in [0.2, 0.25) is 0 Å². The number of benzene rings is 1. The lowest BCUT2D eigenvalue weighted by molar-refractivity contribution is 0.112. The van der Waals surface area contributed by atoms with Crippen LogP contribution in [0.4, 0.5) is 0 Å². The second-order valence-electron chi connectivity index (χ2n) is 4.29. The first-order chi connectivity index (χ1) is 8.69. The van der Waals surface area contributed by atoms with Crippen LogP contribution < -0.4 is 0 Å². The zero-order valence-corrected chi connectivity index (χ0v) is 11.3. The monoisotopic (exact) mass is 257 g/mol. The van der Waals surface area contributed by atoms with Crippen molar-refractivity contribution in [2.45, 2.75) is 24.6 Å². The van der Waals surface area contributed by atoms with Gasteiger partial charge in [0, 0.05) is 17.5 Å². The predicted octanol–water partition coefficient (Wildman–Crippen LogP) is 3.80. The summed E-state index contributed by atoms with van der Waals surface area (Å²) in [7, 11) is 0. The topological polar surface area (TPSA) is 30.0 Å². The number of aryl methyl sites for hydroxylation is 2. The van der Waals surface area contributed by atoms with E-state index in [2.05, 4.69) is 36.2 Å². The van der Waals surface area contributed by atoms with E-state index in [0.717, 1.165) is 22.6 Å². The fraction of sp³-hybridized carbons (Fsp3) is 0.200. The Morgan fingerprint density at radius 1 is 1.28 bits per heavy atom. The minimum absolute atomic E-state index is 0.632. The highest BCUT2D eigenvalue weighted by atomic mass is 32.2. The molecule has 1 heterocycles. The van der Waals surface area contributed by atoms with Crippen LogP contribution in [0.15, 0.2) is 41.6 Å². The summed E-state index contributed by atoms with van der Waals surface area (Å²) in [5.74, 6) is 0.899. The Labute approximate surface area is 111 Å². The van der Waals surface area contributed by atoms with Gasteiger partial charge in [0.1, 0.15) is 0 Å². The van der Waals surface area contributed by atoms with Crippen molar-refractivity contribution in [3.8, 4) is 0 Å². The molecule has 0 radical (unpaired) electrons. The molecule has 2 aromatic rings. The lowest BCUT2D eigenvalue weighted by Gasteiger charge is -2.05. The fourth-order valence-corrected chi connectivity index (χ4v) is 2.65. The number of aromatic nitrogens is 1. The third-order valence-corrected chi connectivity index (χ3v) is 3.82. The highest BCUT2D eigenvalue weighted by molar-refractivity contribution is 7.98. The largest absolute Gasteiger partial charge is 0.298 e. The quantitative estimate of drug-likeness (QED) is 0.616. The van der Waals surface area contributed by atoms with Crippen LogP contribution in [0, 0.1) is 13.8 Å². The van der Waals surface area contributed by atoms with Crippen LogP contribution in [0.2, 0.25) is 0 Å². The van der Waals surface area contributed by atoms with Crippen LogP contribution in [0.3, 0.4) is 0 Å².